The average Bonchev–Trinajstić information content (AvgIpc) is 2.76. The molecule has 2 N–H and O–H groups in total. The fraction of sp³-hybridized carbons (Fsp3) is 0.240. The lowest BCUT2D eigenvalue weighted by Crippen LogP contribution is -2.19. The highest BCUT2D eigenvalue weighted by molar-refractivity contribution is 7.92. The smallest absolute Gasteiger partial charge is 0.336 e. The summed E-state index contributed by atoms with van der Waals surface area (Å²) in [4.78, 5) is 28.1. The van der Waals surface area contributed by atoms with Crippen LogP contribution >= 0.6 is 0 Å². The molecule has 3 aromatic rings. The second-order valence-electron chi connectivity index (χ2n) is 8.97. The fourth-order valence-corrected chi connectivity index (χ4v) is 4.14. The summed E-state index contributed by atoms with van der Waals surface area (Å²) in [7, 11) is -2.01. The third kappa shape index (κ3) is 6.15. The molecule has 0 radical (unpaired) electrons. The SMILES string of the molecule is COc1c(C=Cc2ccc(NS(C)(=O)=O)cc2C(=O)O)cc(-n2ccncc2=O)cc1C(C)(C)C. The molecule has 0 saturated carbocycles. The molecule has 35 heavy (non-hydrogen) atoms. The topological polar surface area (TPSA) is 128 Å². The summed E-state index contributed by atoms with van der Waals surface area (Å²) in [6.45, 7) is 6.06. The number of carbonyl (C=O) groups is 1. The van der Waals surface area contributed by atoms with Crippen molar-refractivity contribution in [1.82, 2.24) is 9.55 Å². The number of hydrogen-bond donors (Lipinski definition) is 2. The fourth-order valence-electron chi connectivity index (χ4n) is 3.59. The lowest BCUT2D eigenvalue weighted by molar-refractivity contribution is 0.0696. The van der Waals surface area contributed by atoms with Gasteiger partial charge in [0.15, 0.2) is 0 Å². The Morgan fingerprint density at radius 1 is 1.14 bits per heavy atom. The summed E-state index contributed by atoms with van der Waals surface area (Å²) in [5.41, 5.74) is 1.90. The van der Waals surface area contributed by atoms with Gasteiger partial charge >= 0.3 is 5.97 Å². The predicted molar refractivity (Wildman–Crippen MR) is 136 cm³/mol. The maximum Gasteiger partial charge on any atom is 0.336 e. The number of benzene rings is 2. The molecule has 0 aliphatic rings. The first-order valence-electron chi connectivity index (χ1n) is 10.6. The minimum Gasteiger partial charge on any atom is -0.496 e. The molecule has 0 fully saturated rings. The van der Waals surface area contributed by atoms with E-state index >= 15 is 0 Å². The number of aromatic carboxylic acids is 1. The number of methoxy groups -OCH3 is 1. The molecule has 0 atom stereocenters. The van der Waals surface area contributed by atoms with Gasteiger partial charge in [-0.05, 0) is 35.2 Å². The van der Waals surface area contributed by atoms with Crippen molar-refractivity contribution >= 4 is 33.8 Å². The van der Waals surface area contributed by atoms with Gasteiger partial charge in [-0.2, -0.15) is 0 Å². The molecule has 0 aliphatic heterocycles. The van der Waals surface area contributed by atoms with Crippen molar-refractivity contribution in [2.75, 3.05) is 18.1 Å². The number of sulfonamides is 1. The minimum absolute atomic E-state index is 0.0774. The highest BCUT2D eigenvalue weighted by Crippen LogP contribution is 2.37. The first-order chi connectivity index (χ1) is 16.3. The van der Waals surface area contributed by atoms with E-state index in [4.69, 9.17) is 4.74 Å². The van der Waals surface area contributed by atoms with Gasteiger partial charge in [0.2, 0.25) is 10.0 Å². The van der Waals surface area contributed by atoms with Crippen LogP contribution in [0.2, 0.25) is 0 Å². The number of carboxylic acid groups (broad SMARTS) is 1. The zero-order valence-electron chi connectivity index (χ0n) is 20.1. The molecule has 9 nitrogen and oxygen atoms in total. The van der Waals surface area contributed by atoms with E-state index in [-0.39, 0.29) is 22.2 Å². The van der Waals surface area contributed by atoms with E-state index in [1.807, 2.05) is 26.8 Å². The Morgan fingerprint density at radius 2 is 1.83 bits per heavy atom. The van der Waals surface area contributed by atoms with Crippen LogP contribution in [0.3, 0.4) is 0 Å². The molecule has 0 saturated heterocycles. The Kier molecular flexibility index (Phi) is 7.16. The standard InChI is InChI=1S/C25H27N3O6S/c1-25(2,3)21-14-19(28-11-10-26-15-22(28)29)12-17(23(21)34-4)7-6-16-8-9-18(27-35(5,32)33)13-20(16)24(30)31/h6-15,27H,1-5H3,(H,30,31). The quantitative estimate of drug-likeness (QED) is 0.476. The van der Waals surface area contributed by atoms with Crippen molar-refractivity contribution in [3.63, 3.8) is 0 Å². The monoisotopic (exact) mass is 497 g/mol. The summed E-state index contributed by atoms with van der Waals surface area (Å²) in [6, 6.07) is 7.91. The third-order valence-electron chi connectivity index (χ3n) is 5.15. The summed E-state index contributed by atoms with van der Waals surface area (Å²) in [6.07, 6.45) is 8.61. The Balaban J connectivity index is 2.19. The van der Waals surface area contributed by atoms with E-state index in [0.29, 0.717) is 22.6 Å². The molecule has 1 heterocycles. The van der Waals surface area contributed by atoms with Crippen molar-refractivity contribution in [1.29, 1.82) is 0 Å². The first kappa shape index (κ1) is 25.7. The van der Waals surface area contributed by atoms with Gasteiger partial charge in [0, 0.05) is 34.9 Å². The van der Waals surface area contributed by atoms with Crippen LogP contribution in [-0.2, 0) is 15.4 Å². The molecule has 0 amide bonds. The summed E-state index contributed by atoms with van der Waals surface area (Å²) in [5.74, 6) is -0.618. The van der Waals surface area contributed by atoms with Gasteiger partial charge in [0.05, 0.1) is 25.1 Å². The van der Waals surface area contributed by atoms with Gasteiger partial charge in [-0.15, -0.1) is 0 Å². The number of ether oxygens (including phenoxy) is 1. The normalized spacial score (nSPS) is 12.0. The van der Waals surface area contributed by atoms with E-state index in [9.17, 15) is 23.1 Å². The maximum absolute atomic E-state index is 12.4. The number of nitrogens with zero attached hydrogens (tertiary/aromatic N) is 2. The Labute approximate surface area is 203 Å². The number of aromatic nitrogens is 2. The number of nitrogens with one attached hydrogen (secondary N) is 1. The van der Waals surface area contributed by atoms with Gasteiger partial charge < -0.3 is 9.84 Å². The summed E-state index contributed by atoms with van der Waals surface area (Å²) < 4.78 is 32.5. The van der Waals surface area contributed by atoms with E-state index < -0.39 is 16.0 Å². The highest BCUT2D eigenvalue weighted by Gasteiger charge is 2.22. The van der Waals surface area contributed by atoms with Crippen molar-refractivity contribution in [2.24, 2.45) is 0 Å². The van der Waals surface area contributed by atoms with Crippen LogP contribution in [0.4, 0.5) is 5.69 Å². The number of rotatable bonds is 7. The average molecular weight is 498 g/mol. The number of carboxylic acids is 1. The zero-order chi connectivity index (χ0) is 26.0. The number of anilines is 1. The van der Waals surface area contributed by atoms with E-state index in [0.717, 1.165) is 11.8 Å². The van der Waals surface area contributed by atoms with Crippen LogP contribution in [0.1, 0.15) is 47.8 Å². The highest BCUT2D eigenvalue weighted by atomic mass is 32.2. The molecular weight excluding hydrogens is 470 g/mol. The van der Waals surface area contributed by atoms with Crippen molar-refractivity contribution in [3.05, 3.63) is 81.5 Å². The first-order valence-corrected chi connectivity index (χ1v) is 12.5. The van der Waals surface area contributed by atoms with Crippen LogP contribution in [0.25, 0.3) is 17.8 Å². The summed E-state index contributed by atoms with van der Waals surface area (Å²) >= 11 is 0. The molecule has 2 aromatic carbocycles. The van der Waals surface area contributed by atoms with Gasteiger partial charge in [0.1, 0.15) is 5.75 Å². The Bertz CT molecular complexity index is 1470. The van der Waals surface area contributed by atoms with Gasteiger partial charge in [-0.1, -0.05) is 39.0 Å². The predicted octanol–water partition coefficient (Wildman–Crippen LogP) is 3.78. The maximum atomic E-state index is 12.4. The third-order valence-corrected chi connectivity index (χ3v) is 5.75. The van der Waals surface area contributed by atoms with Gasteiger partial charge in [-0.3, -0.25) is 19.1 Å². The molecule has 1 aromatic heterocycles. The zero-order valence-corrected chi connectivity index (χ0v) is 20.9. The molecule has 0 bridgehead atoms. The van der Waals surface area contributed by atoms with Crippen LogP contribution in [0, 0.1) is 0 Å². The number of hydrogen-bond acceptors (Lipinski definition) is 6. The van der Waals surface area contributed by atoms with Crippen molar-refractivity contribution < 1.29 is 23.1 Å². The van der Waals surface area contributed by atoms with E-state index in [2.05, 4.69) is 9.71 Å². The minimum atomic E-state index is -3.56. The molecule has 3 rings (SSSR count). The van der Waals surface area contributed by atoms with E-state index in [1.54, 1.807) is 31.5 Å². The second kappa shape index (κ2) is 9.75. The second-order valence-corrected chi connectivity index (χ2v) is 10.7. The van der Waals surface area contributed by atoms with Gasteiger partial charge in [0.25, 0.3) is 5.56 Å². The van der Waals surface area contributed by atoms with Crippen LogP contribution in [0.5, 0.6) is 5.75 Å². The molecule has 10 heteroatoms. The lowest BCUT2D eigenvalue weighted by atomic mass is 9.84. The van der Waals surface area contributed by atoms with Crippen molar-refractivity contribution in [3.8, 4) is 11.4 Å². The van der Waals surface area contributed by atoms with Crippen LogP contribution in [-0.4, -0.2) is 42.4 Å². The molecule has 0 spiro atoms. The molecule has 0 unspecified atom stereocenters. The molecular formula is C25H27N3O6S. The van der Waals surface area contributed by atoms with E-state index in [1.165, 1.54) is 35.2 Å². The summed E-state index contributed by atoms with van der Waals surface area (Å²) in [5, 5.41) is 9.68. The van der Waals surface area contributed by atoms with Crippen molar-refractivity contribution in [2.45, 2.75) is 26.2 Å². The van der Waals surface area contributed by atoms with Crippen LogP contribution in [0.15, 0.2) is 53.7 Å². The lowest BCUT2D eigenvalue weighted by Gasteiger charge is -2.25. The molecule has 0 aliphatic carbocycles. The molecule has 184 valence electrons. The van der Waals surface area contributed by atoms with Crippen LogP contribution < -0.4 is 15.0 Å². The Morgan fingerprint density at radius 3 is 2.40 bits per heavy atom. The largest absolute Gasteiger partial charge is 0.496 e. The van der Waals surface area contributed by atoms with Gasteiger partial charge in [-0.25, -0.2) is 13.2 Å². The Hall–Kier alpha value is -3.92.